The maximum atomic E-state index is 12.2. The van der Waals surface area contributed by atoms with Crippen LogP contribution in [0.25, 0.3) is 22.4 Å². The van der Waals surface area contributed by atoms with Crippen LogP contribution in [-0.4, -0.2) is 41.2 Å². The van der Waals surface area contributed by atoms with Gasteiger partial charge in [0.2, 0.25) is 0 Å². The molecule has 2 heterocycles. The number of nitrogens with one attached hydrogen (secondary N) is 2. The van der Waals surface area contributed by atoms with Crippen molar-refractivity contribution in [3.05, 3.63) is 78.5 Å². The highest BCUT2D eigenvalue weighted by molar-refractivity contribution is 5.94. The van der Waals surface area contributed by atoms with Gasteiger partial charge in [0.15, 0.2) is 5.76 Å². The zero-order valence-corrected chi connectivity index (χ0v) is 20.8. The molecule has 2 aromatic heterocycles. The Morgan fingerprint density at radius 2 is 1.89 bits per heavy atom. The Labute approximate surface area is 215 Å². The van der Waals surface area contributed by atoms with Crippen LogP contribution in [0.1, 0.15) is 43.0 Å². The zero-order chi connectivity index (χ0) is 26.0. The van der Waals surface area contributed by atoms with Crippen LogP contribution in [0.2, 0.25) is 0 Å². The van der Waals surface area contributed by atoms with Crippen molar-refractivity contribution in [2.45, 2.75) is 38.6 Å². The molecule has 1 atom stereocenters. The monoisotopic (exact) mass is 501 g/mol. The molecule has 8 heteroatoms. The second-order valence-electron chi connectivity index (χ2n) is 8.80. The largest absolute Gasteiger partial charge is 0.490 e. The van der Waals surface area contributed by atoms with Crippen LogP contribution in [0.4, 0.5) is 5.69 Å². The average Bonchev–Trinajstić information content (AvgIpc) is 3.35. The van der Waals surface area contributed by atoms with Crippen LogP contribution in [0.5, 0.6) is 5.75 Å². The lowest BCUT2D eigenvalue weighted by molar-refractivity contribution is -0.136. The van der Waals surface area contributed by atoms with Gasteiger partial charge in [0.1, 0.15) is 23.6 Å². The molecule has 0 saturated carbocycles. The van der Waals surface area contributed by atoms with Gasteiger partial charge in [-0.05, 0) is 55.0 Å². The van der Waals surface area contributed by atoms with E-state index < -0.39 is 5.97 Å². The first-order chi connectivity index (χ1) is 18.0. The number of pyridine rings is 1. The molecule has 37 heavy (non-hydrogen) atoms. The summed E-state index contributed by atoms with van der Waals surface area (Å²) in [7, 11) is 0. The van der Waals surface area contributed by atoms with Gasteiger partial charge in [0.25, 0.3) is 5.91 Å². The van der Waals surface area contributed by atoms with E-state index >= 15 is 0 Å². The Bertz CT molecular complexity index is 1280. The highest BCUT2D eigenvalue weighted by Crippen LogP contribution is 2.27. The third kappa shape index (κ3) is 7.33. The fourth-order valence-corrected chi connectivity index (χ4v) is 3.90. The number of unbranched alkanes of at least 4 members (excludes halogenated alkanes) is 1. The summed E-state index contributed by atoms with van der Waals surface area (Å²) in [6.07, 6.45) is 4.65. The summed E-state index contributed by atoms with van der Waals surface area (Å²) in [5, 5.41) is 15.8. The number of hydrogen-bond donors (Lipinski definition) is 3. The van der Waals surface area contributed by atoms with Crippen molar-refractivity contribution in [3.8, 4) is 17.2 Å². The van der Waals surface area contributed by atoms with Crippen molar-refractivity contribution < 1.29 is 23.8 Å². The lowest BCUT2D eigenvalue weighted by Crippen LogP contribution is -2.27. The first kappa shape index (κ1) is 25.8. The Hall–Kier alpha value is -4.33. The third-order valence-electron chi connectivity index (χ3n) is 5.91. The molecule has 4 aromatic rings. The standard InChI is InChI=1S/C29H31N3O5/c1-2-3-7-23(32-22-11-9-20(10-12-22)29(35)30-16-15-28(33)34)19-36-24-13-14-25(31-18-24)27-17-21-6-4-5-8-26(21)37-27/h4-6,8-14,17-18,23,32H,2-3,7,15-16,19H2,1H3,(H,30,35)(H,33,34). The number of ether oxygens (including phenoxy) is 1. The number of furan rings is 1. The number of anilines is 1. The van der Waals surface area contributed by atoms with Gasteiger partial charge >= 0.3 is 5.97 Å². The van der Waals surface area contributed by atoms with E-state index in [1.807, 2.05) is 54.6 Å². The maximum absolute atomic E-state index is 12.2. The minimum Gasteiger partial charge on any atom is -0.490 e. The summed E-state index contributed by atoms with van der Waals surface area (Å²) >= 11 is 0. The molecular weight excluding hydrogens is 470 g/mol. The van der Waals surface area contributed by atoms with Crippen LogP contribution in [0.3, 0.4) is 0 Å². The van der Waals surface area contributed by atoms with E-state index in [1.54, 1.807) is 18.3 Å². The minimum absolute atomic E-state index is 0.0743. The fraction of sp³-hybridized carbons (Fsp3) is 0.276. The number of rotatable bonds is 13. The summed E-state index contributed by atoms with van der Waals surface area (Å²) in [4.78, 5) is 27.3. The topological polar surface area (TPSA) is 114 Å². The van der Waals surface area contributed by atoms with Crippen molar-refractivity contribution in [1.82, 2.24) is 10.3 Å². The molecule has 0 radical (unpaired) electrons. The zero-order valence-electron chi connectivity index (χ0n) is 20.8. The highest BCUT2D eigenvalue weighted by atomic mass is 16.5. The number of amides is 1. The number of carbonyl (C=O) groups excluding carboxylic acids is 1. The second kappa shape index (κ2) is 12.6. The molecule has 0 saturated heterocycles. The van der Waals surface area contributed by atoms with E-state index in [2.05, 4.69) is 22.5 Å². The molecule has 3 N–H and O–H groups in total. The van der Waals surface area contributed by atoms with E-state index in [9.17, 15) is 9.59 Å². The Morgan fingerprint density at radius 3 is 2.59 bits per heavy atom. The maximum Gasteiger partial charge on any atom is 0.305 e. The van der Waals surface area contributed by atoms with Gasteiger partial charge in [-0.3, -0.25) is 9.59 Å². The fourth-order valence-electron chi connectivity index (χ4n) is 3.90. The Kier molecular flexibility index (Phi) is 8.75. The molecule has 8 nitrogen and oxygen atoms in total. The number of para-hydroxylation sites is 1. The average molecular weight is 502 g/mol. The van der Waals surface area contributed by atoms with Gasteiger partial charge in [0, 0.05) is 23.2 Å². The number of carboxylic acids is 1. The van der Waals surface area contributed by atoms with E-state index in [0.29, 0.717) is 23.7 Å². The molecule has 192 valence electrons. The molecule has 0 aliphatic heterocycles. The summed E-state index contributed by atoms with van der Waals surface area (Å²) in [5.41, 5.74) is 2.94. The van der Waals surface area contributed by atoms with E-state index in [0.717, 1.165) is 41.6 Å². The van der Waals surface area contributed by atoms with Crippen molar-refractivity contribution >= 4 is 28.5 Å². The van der Waals surface area contributed by atoms with Crippen LogP contribution < -0.4 is 15.4 Å². The van der Waals surface area contributed by atoms with Crippen LogP contribution in [0, 0.1) is 0 Å². The number of benzene rings is 2. The van der Waals surface area contributed by atoms with Crippen molar-refractivity contribution in [3.63, 3.8) is 0 Å². The molecule has 0 aliphatic carbocycles. The van der Waals surface area contributed by atoms with E-state index in [-0.39, 0.29) is 24.9 Å². The van der Waals surface area contributed by atoms with Gasteiger partial charge < -0.3 is 24.9 Å². The number of aromatic nitrogens is 1. The van der Waals surface area contributed by atoms with Crippen LogP contribution in [0.15, 0.2) is 77.3 Å². The summed E-state index contributed by atoms with van der Waals surface area (Å²) < 4.78 is 11.9. The van der Waals surface area contributed by atoms with Crippen molar-refractivity contribution in [2.24, 2.45) is 0 Å². The van der Waals surface area contributed by atoms with Crippen LogP contribution >= 0.6 is 0 Å². The van der Waals surface area contributed by atoms with Crippen molar-refractivity contribution in [1.29, 1.82) is 0 Å². The lowest BCUT2D eigenvalue weighted by Gasteiger charge is -2.20. The van der Waals surface area contributed by atoms with Crippen LogP contribution in [-0.2, 0) is 4.79 Å². The minimum atomic E-state index is -0.946. The molecule has 0 bridgehead atoms. The summed E-state index contributed by atoms with van der Waals surface area (Å²) in [5.74, 6) is 0.154. The van der Waals surface area contributed by atoms with Gasteiger partial charge in [-0.2, -0.15) is 0 Å². The predicted molar refractivity (Wildman–Crippen MR) is 143 cm³/mol. The molecule has 4 rings (SSSR count). The van der Waals surface area contributed by atoms with E-state index in [1.165, 1.54) is 0 Å². The molecule has 0 aliphatic rings. The quantitative estimate of drug-likeness (QED) is 0.214. The first-order valence-corrected chi connectivity index (χ1v) is 12.5. The molecule has 2 aromatic carbocycles. The number of hydrogen-bond acceptors (Lipinski definition) is 6. The van der Waals surface area contributed by atoms with E-state index in [4.69, 9.17) is 14.3 Å². The first-order valence-electron chi connectivity index (χ1n) is 12.5. The molecule has 0 fully saturated rings. The molecule has 0 spiro atoms. The third-order valence-corrected chi connectivity index (χ3v) is 5.91. The Morgan fingerprint density at radius 1 is 1.08 bits per heavy atom. The predicted octanol–water partition coefficient (Wildman–Crippen LogP) is 5.75. The summed E-state index contributed by atoms with van der Waals surface area (Å²) in [6, 6.07) is 20.8. The smallest absolute Gasteiger partial charge is 0.305 e. The normalized spacial score (nSPS) is 11.7. The van der Waals surface area contributed by atoms with Crippen molar-refractivity contribution in [2.75, 3.05) is 18.5 Å². The number of aliphatic carboxylic acids is 1. The molecule has 1 unspecified atom stereocenters. The number of nitrogens with zero attached hydrogens (tertiary/aromatic N) is 1. The second-order valence-corrected chi connectivity index (χ2v) is 8.80. The van der Waals surface area contributed by atoms with Gasteiger partial charge in [-0.15, -0.1) is 0 Å². The number of carboxylic acid groups (broad SMARTS) is 1. The number of carbonyl (C=O) groups is 2. The Balaban J connectivity index is 1.33. The summed E-state index contributed by atoms with van der Waals surface area (Å²) in [6.45, 7) is 2.71. The van der Waals surface area contributed by atoms with Gasteiger partial charge in [-0.1, -0.05) is 38.0 Å². The molecule has 1 amide bonds. The van der Waals surface area contributed by atoms with Gasteiger partial charge in [-0.25, -0.2) is 4.98 Å². The SMILES string of the molecule is CCCCC(COc1ccc(-c2cc3ccccc3o2)nc1)Nc1ccc(C(=O)NCCC(=O)O)cc1. The lowest BCUT2D eigenvalue weighted by atomic mass is 10.1. The molecular formula is C29H31N3O5. The highest BCUT2D eigenvalue weighted by Gasteiger charge is 2.12. The number of fused-ring (bicyclic) bond motifs is 1. The van der Waals surface area contributed by atoms with Gasteiger partial charge in [0.05, 0.1) is 18.7 Å².